The van der Waals surface area contributed by atoms with Gasteiger partial charge in [0.05, 0.1) is 23.1 Å². The minimum Gasteiger partial charge on any atom is -0.495 e. The molecule has 1 aliphatic rings. The van der Waals surface area contributed by atoms with Crippen molar-refractivity contribution in [3.05, 3.63) is 58.9 Å². The summed E-state index contributed by atoms with van der Waals surface area (Å²) in [5, 5.41) is 0.222. The van der Waals surface area contributed by atoms with Gasteiger partial charge in [-0.3, -0.25) is 0 Å². The maximum atomic E-state index is 14.1. The maximum absolute atomic E-state index is 14.1. The highest BCUT2D eigenvalue weighted by Gasteiger charge is 2.37. The van der Waals surface area contributed by atoms with Gasteiger partial charge >= 0.3 is 0 Å². The molecule has 0 spiro atoms. The fourth-order valence-corrected chi connectivity index (χ4v) is 5.05. The lowest BCUT2D eigenvalue weighted by atomic mass is 10.1. The third kappa shape index (κ3) is 3.01. The lowest BCUT2D eigenvalue weighted by Gasteiger charge is -2.25. The number of sulfonamides is 1. The van der Waals surface area contributed by atoms with E-state index in [9.17, 15) is 12.8 Å². The summed E-state index contributed by atoms with van der Waals surface area (Å²) in [7, 11) is -2.31. The zero-order valence-electron chi connectivity index (χ0n) is 13.1. The Labute approximate surface area is 145 Å². The molecule has 1 saturated heterocycles. The van der Waals surface area contributed by atoms with Crippen LogP contribution in [0.25, 0.3) is 0 Å². The molecule has 1 fully saturated rings. The molecule has 0 saturated carbocycles. The molecule has 0 N–H and O–H groups in total. The number of nitrogens with zero attached hydrogens (tertiary/aromatic N) is 1. The molecule has 2 aromatic carbocycles. The number of halogens is 2. The second-order valence-electron chi connectivity index (χ2n) is 5.59. The molecular formula is C17H17ClFNO3S. The highest BCUT2D eigenvalue weighted by atomic mass is 35.5. The van der Waals surface area contributed by atoms with Crippen LogP contribution in [-0.2, 0) is 10.0 Å². The minimum absolute atomic E-state index is 0.0801. The zero-order chi connectivity index (χ0) is 17.3. The third-order valence-electron chi connectivity index (χ3n) is 4.20. The molecule has 2 aromatic rings. The molecule has 0 bridgehead atoms. The van der Waals surface area contributed by atoms with Crippen LogP contribution in [-0.4, -0.2) is 26.4 Å². The van der Waals surface area contributed by atoms with Gasteiger partial charge in [-0.05, 0) is 37.1 Å². The van der Waals surface area contributed by atoms with Crippen molar-refractivity contribution in [1.82, 2.24) is 4.31 Å². The summed E-state index contributed by atoms with van der Waals surface area (Å²) in [6, 6.07) is 10.1. The van der Waals surface area contributed by atoms with Gasteiger partial charge < -0.3 is 4.74 Å². The van der Waals surface area contributed by atoms with Crippen LogP contribution in [0.2, 0.25) is 5.02 Å². The molecule has 0 radical (unpaired) electrons. The van der Waals surface area contributed by atoms with E-state index in [-0.39, 0.29) is 9.92 Å². The van der Waals surface area contributed by atoms with Crippen molar-refractivity contribution in [3.8, 4) is 5.75 Å². The number of methoxy groups -OCH3 is 1. The number of hydrogen-bond donors (Lipinski definition) is 0. The van der Waals surface area contributed by atoms with Gasteiger partial charge in [-0.15, -0.1) is 0 Å². The van der Waals surface area contributed by atoms with Crippen molar-refractivity contribution in [2.75, 3.05) is 13.7 Å². The van der Waals surface area contributed by atoms with E-state index in [0.717, 1.165) is 0 Å². The normalized spacial score (nSPS) is 18.7. The molecular weight excluding hydrogens is 353 g/mol. The number of benzene rings is 2. The van der Waals surface area contributed by atoms with E-state index >= 15 is 0 Å². The van der Waals surface area contributed by atoms with Crippen molar-refractivity contribution in [2.45, 2.75) is 23.8 Å². The molecule has 1 atom stereocenters. The molecule has 0 aromatic heterocycles. The molecule has 0 unspecified atom stereocenters. The van der Waals surface area contributed by atoms with Crippen molar-refractivity contribution in [2.24, 2.45) is 0 Å². The Morgan fingerprint density at radius 3 is 2.67 bits per heavy atom. The first-order chi connectivity index (χ1) is 11.4. The van der Waals surface area contributed by atoms with Crippen LogP contribution in [0.15, 0.2) is 47.4 Å². The summed E-state index contributed by atoms with van der Waals surface area (Å²) in [5.41, 5.74) is 0.401. The first-order valence-corrected chi connectivity index (χ1v) is 9.37. The van der Waals surface area contributed by atoms with Crippen molar-refractivity contribution < 1.29 is 17.5 Å². The van der Waals surface area contributed by atoms with E-state index in [2.05, 4.69) is 0 Å². The van der Waals surface area contributed by atoms with Crippen LogP contribution < -0.4 is 4.74 Å². The Morgan fingerprint density at radius 1 is 1.25 bits per heavy atom. The fraction of sp³-hybridized carbons (Fsp3) is 0.294. The van der Waals surface area contributed by atoms with Crippen LogP contribution in [0.3, 0.4) is 0 Å². The molecule has 3 rings (SSSR count). The smallest absolute Gasteiger partial charge is 0.243 e. The van der Waals surface area contributed by atoms with E-state index in [1.165, 1.54) is 35.7 Å². The topological polar surface area (TPSA) is 46.6 Å². The van der Waals surface area contributed by atoms with Crippen molar-refractivity contribution in [3.63, 3.8) is 0 Å². The fourth-order valence-electron chi connectivity index (χ4n) is 3.03. The van der Waals surface area contributed by atoms with E-state index in [4.69, 9.17) is 16.3 Å². The van der Waals surface area contributed by atoms with Gasteiger partial charge in [0, 0.05) is 12.1 Å². The second-order valence-corrected chi connectivity index (χ2v) is 7.89. The van der Waals surface area contributed by atoms with E-state index in [1.807, 2.05) is 0 Å². The van der Waals surface area contributed by atoms with Crippen LogP contribution in [0.1, 0.15) is 24.4 Å². The molecule has 0 amide bonds. The standard InChI is InChI=1S/C17H17ClFNO3S/c1-23-17-9-8-12(11-14(17)18)24(21,22)20-10-4-7-16(20)13-5-2-3-6-15(13)19/h2-3,5-6,8-9,11,16H,4,7,10H2,1H3/t16-/m0/s1. The van der Waals surface area contributed by atoms with Crippen LogP contribution in [0, 0.1) is 5.82 Å². The maximum Gasteiger partial charge on any atom is 0.243 e. The Morgan fingerprint density at radius 2 is 2.00 bits per heavy atom. The molecule has 128 valence electrons. The summed E-state index contributed by atoms with van der Waals surface area (Å²) in [5.74, 6) is 0.0139. The lowest BCUT2D eigenvalue weighted by Crippen LogP contribution is -2.31. The molecule has 0 aliphatic carbocycles. The molecule has 4 nitrogen and oxygen atoms in total. The number of hydrogen-bond acceptors (Lipinski definition) is 3. The minimum atomic E-state index is -3.77. The summed E-state index contributed by atoms with van der Waals surface area (Å²) < 4.78 is 46.5. The molecule has 1 aliphatic heterocycles. The zero-order valence-corrected chi connectivity index (χ0v) is 14.6. The first kappa shape index (κ1) is 17.2. The molecule has 7 heteroatoms. The molecule has 1 heterocycles. The highest BCUT2D eigenvalue weighted by molar-refractivity contribution is 7.89. The van der Waals surface area contributed by atoms with Gasteiger partial charge in [0.2, 0.25) is 10.0 Å². The Hall–Kier alpha value is -1.63. The van der Waals surface area contributed by atoms with Gasteiger partial charge in [-0.25, -0.2) is 12.8 Å². The SMILES string of the molecule is COc1ccc(S(=O)(=O)N2CCC[C@H]2c2ccccc2F)cc1Cl. The van der Waals surface area contributed by atoms with E-state index < -0.39 is 21.9 Å². The average molecular weight is 370 g/mol. The van der Waals surface area contributed by atoms with Gasteiger partial charge in [-0.2, -0.15) is 4.31 Å². The first-order valence-electron chi connectivity index (χ1n) is 7.55. The van der Waals surface area contributed by atoms with Gasteiger partial charge in [0.25, 0.3) is 0 Å². The average Bonchev–Trinajstić information content (AvgIpc) is 3.05. The second kappa shape index (κ2) is 6.70. The number of rotatable bonds is 4. The summed E-state index contributed by atoms with van der Waals surface area (Å²) in [6.07, 6.45) is 1.27. The largest absolute Gasteiger partial charge is 0.495 e. The monoisotopic (exact) mass is 369 g/mol. The Bertz CT molecular complexity index is 857. The highest BCUT2D eigenvalue weighted by Crippen LogP contribution is 2.38. The predicted molar refractivity (Wildman–Crippen MR) is 90.3 cm³/mol. The summed E-state index contributed by atoms with van der Waals surface area (Å²) in [4.78, 5) is 0.0801. The Balaban J connectivity index is 2.00. The summed E-state index contributed by atoms with van der Waals surface area (Å²) in [6.45, 7) is 0.352. The van der Waals surface area contributed by atoms with Crippen molar-refractivity contribution in [1.29, 1.82) is 0 Å². The van der Waals surface area contributed by atoms with Gasteiger partial charge in [0.15, 0.2) is 0 Å². The van der Waals surface area contributed by atoms with Crippen LogP contribution in [0.4, 0.5) is 4.39 Å². The number of ether oxygens (including phenoxy) is 1. The molecule has 24 heavy (non-hydrogen) atoms. The Kier molecular flexibility index (Phi) is 4.80. The van der Waals surface area contributed by atoms with Crippen LogP contribution >= 0.6 is 11.6 Å². The van der Waals surface area contributed by atoms with Crippen LogP contribution in [0.5, 0.6) is 5.75 Å². The van der Waals surface area contributed by atoms with Gasteiger partial charge in [0.1, 0.15) is 11.6 Å². The predicted octanol–water partition coefficient (Wildman–Crippen LogP) is 4.01. The quantitative estimate of drug-likeness (QED) is 0.817. The van der Waals surface area contributed by atoms with Gasteiger partial charge in [-0.1, -0.05) is 29.8 Å². The van der Waals surface area contributed by atoms with Crippen molar-refractivity contribution >= 4 is 21.6 Å². The lowest BCUT2D eigenvalue weighted by molar-refractivity contribution is 0.386. The van der Waals surface area contributed by atoms with E-state index in [1.54, 1.807) is 18.2 Å². The summed E-state index contributed by atoms with van der Waals surface area (Å²) >= 11 is 6.05. The van der Waals surface area contributed by atoms with E-state index in [0.29, 0.717) is 30.7 Å². The third-order valence-corrected chi connectivity index (χ3v) is 6.40.